The Labute approximate surface area is 204 Å². The van der Waals surface area contributed by atoms with Crippen molar-refractivity contribution in [1.82, 2.24) is 4.90 Å². The minimum absolute atomic E-state index is 0.174. The summed E-state index contributed by atoms with van der Waals surface area (Å²) < 4.78 is 41.4. The van der Waals surface area contributed by atoms with E-state index in [2.05, 4.69) is 40.2 Å². The number of nitrogens with one attached hydrogen (secondary N) is 1. The van der Waals surface area contributed by atoms with E-state index >= 15 is 0 Å². The SMILES string of the molecule is CC1CCN(c2ccc3c(c2)Sc2cc(C(F)(F)F)cc(NC4CCN(CCN)CC4)c2C3)C1. The summed E-state index contributed by atoms with van der Waals surface area (Å²) in [6.07, 6.45) is -0.716. The predicted molar refractivity (Wildman–Crippen MR) is 133 cm³/mol. The van der Waals surface area contributed by atoms with Gasteiger partial charge < -0.3 is 20.9 Å². The molecule has 0 saturated carbocycles. The highest BCUT2D eigenvalue weighted by Crippen LogP contribution is 2.47. The third-order valence-corrected chi connectivity index (χ3v) is 8.54. The van der Waals surface area contributed by atoms with Crippen molar-refractivity contribution in [2.24, 2.45) is 11.7 Å². The van der Waals surface area contributed by atoms with Crippen LogP contribution in [-0.4, -0.2) is 50.2 Å². The average molecular weight is 491 g/mol. The molecular formula is C26H33F3N4S. The van der Waals surface area contributed by atoms with Crippen LogP contribution in [0.4, 0.5) is 24.5 Å². The van der Waals surface area contributed by atoms with E-state index in [-0.39, 0.29) is 6.04 Å². The van der Waals surface area contributed by atoms with Crippen molar-refractivity contribution >= 4 is 23.1 Å². The summed E-state index contributed by atoms with van der Waals surface area (Å²) in [5.41, 5.74) is 9.08. The second-order valence-corrected chi connectivity index (χ2v) is 11.0. The number of halogens is 3. The van der Waals surface area contributed by atoms with Crippen LogP contribution >= 0.6 is 11.8 Å². The molecule has 2 aromatic rings. The van der Waals surface area contributed by atoms with E-state index < -0.39 is 11.7 Å². The van der Waals surface area contributed by atoms with Crippen LogP contribution in [0, 0.1) is 5.92 Å². The molecule has 2 aromatic carbocycles. The van der Waals surface area contributed by atoms with Crippen LogP contribution in [0.15, 0.2) is 40.1 Å². The lowest BCUT2D eigenvalue weighted by atomic mass is 9.98. The van der Waals surface area contributed by atoms with Gasteiger partial charge in [-0.15, -0.1) is 0 Å². The van der Waals surface area contributed by atoms with E-state index in [1.807, 2.05) is 0 Å². The summed E-state index contributed by atoms with van der Waals surface area (Å²) >= 11 is 1.48. The third-order valence-electron chi connectivity index (χ3n) is 7.36. The third kappa shape index (κ3) is 5.04. The molecule has 3 aliphatic heterocycles. The van der Waals surface area contributed by atoms with Crippen LogP contribution in [-0.2, 0) is 12.6 Å². The molecule has 0 radical (unpaired) electrons. The Kier molecular flexibility index (Phi) is 6.75. The van der Waals surface area contributed by atoms with Gasteiger partial charge in [-0.25, -0.2) is 0 Å². The standard InChI is InChI=1S/C26H33F3N4S/c1-17-4-10-33(16-17)21-3-2-18-12-22-23(31-20-5-8-32(9-6-20)11-7-30)13-19(26(27,28)29)14-25(22)34-24(18)15-21/h2-3,13-15,17,20,31H,4-12,16,30H2,1H3. The minimum atomic E-state index is -4.37. The monoisotopic (exact) mass is 490 g/mol. The van der Waals surface area contributed by atoms with E-state index in [1.165, 1.54) is 41.6 Å². The molecule has 34 heavy (non-hydrogen) atoms. The Morgan fingerprint density at radius 1 is 1.06 bits per heavy atom. The highest BCUT2D eigenvalue weighted by molar-refractivity contribution is 7.99. The highest BCUT2D eigenvalue weighted by atomic mass is 32.2. The number of anilines is 2. The van der Waals surface area contributed by atoms with Gasteiger partial charge in [-0.3, -0.25) is 0 Å². The maximum Gasteiger partial charge on any atom is 0.416 e. The van der Waals surface area contributed by atoms with E-state index in [1.54, 1.807) is 0 Å². The zero-order valence-corrected chi connectivity index (χ0v) is 20.4. The van der Waals surface area contributed by atoms with E-state index in [0.717, 1.165) is 60.9 Å². The Morgan fingerprint density at radius 3 is 2.53 bits per heavy atom. The van der Waals surface area contributed by atoms with Gasteiger partial charge in [0.25, 0.3) is 0 Å². The zero-order chi connectivity index (χ0) is 23.9. The molecular weight excluding hydrogens is 457 g/mol. The molecule has 4 nitrogen and oxygen atoms in total. The summed E-state index contributed by atoms with van der Waals surface area (Å²) in [5, 5.41) is 3.50. The quantitative estimate of drug-likeness (QED) is 0.499. The fraction of sp³-hybridized carbons (Fsp3) is 0.538. The van der Waals surface area contributed by atoms with Crippen molar-refractivity contribution in [3.8, 4) is 0 Å². The number of nitrogens with two attached hydrogens (primary N) is 1. The first-order valence-electron chi connectivity index (χ1n) is 12.3. The summed E-state index contributed by atoms with van der Waals surface area (Å²) in [4.78, 5) is 6.50. The molecule has 5 rings (SSSR count). The van der Waals surface area contributed by atoms with Gasteiger partial charge in [0.15, 0.2) is 0 Å². The van der Waals surface area contributed by atoms with Gasteiger partial charge in [0.2, 0.25) is 0 Å². The van der Waals surface area contributed by atoms with Gasteiger partial charge in [-0.2, -0.15) is 13.2 Å². The van der Waals surface area contributed by atoms with Crippen LogP contribution in [0.3, 0.4) is 0 Å². The van der Waals surface area contributed by atoms with E-state index in [9.17, 15) is 13.2 Å². The van der Waals surface area contributed by atoms with Crippen molar-refractivity contribution in [2.75, 3.05) is 49.5 Å². The number of alkyl halides is 3. The molecule has 184 valence electrons. The molecule has 2 fully saturated rings. The first kappa shape index (κ1) is 23.8. The summed E-state index contributed by atoms with van der Waals surface area (Å²) in [6.45, 7) is 7.69. The van der Waals surface area contributed by atoms with Crippen LogP contribution in [0.25, 0.3) is 0 Å². The molecule has 1 atom stereocenters. The Balaban J connectivity index is 1.41. The molecule has 2 saturated heterocycles. The Hall–Kier alpha value is -1.90. The first-order valence-corrected chi connectivity index (χ1v) is 13.1. The fourth-order valence-electron chi connectivity index (χ4n) is 5.37. The molecule has 3 aliphatic rings. The largest absolute Gasteiger partial charge is 0.416 e. The topological polar surface area (TPSA) is 44.5 Å². The predicted octanol–water partition coefficient (Wildman–Crippen LogP) is 5.44. The number of rotatable bonds is 5. The molecule has 0 bridgehead atoms. The van der Waals surface area contributed by atoms with Crippen LogP contribution in [0.5, 0.6) is 0 Å². The maximum absolute atomic E-state index is 13.8. The molecule has 0 aromatic heterocycles. The van der Waals surface area contributed by atoms with Gasteiger partial charge in [-0.1, -0.05) is 24.8 Å². The molecule has 0 amide bonds. The molecule has 3 N–H and O–H groups in total. The second kappa shape index (κ2) is 9.63. The fourth-order valence-corrected chi connectivity index (χ4v) is 6.55. The second-order valence-electron chi connectivity index (χ2n) is 9.96. The van der Waals surface area contributed by atoms with Gasteiger partial charge in [-0.05, 0) is 60.6 Å². The number of hydrogen-bond donors (Lipinski definition) is 2. The van der Waals surface area contributed by atoms with Crippen LogP contribution in [0.1, 0.15) is 42.9 Å². The maximum atomic E-state index is 13.8. The minimum Gasteiger partial charge on any atom is -0.382 e. The summed E-state index contributed by atoms with van der Waals surface area (Å²) in [6, 6.07) is 9.33. The Bertz CT molecular complexity index is 1030. The van der Waals surface area contributed by atoms with Crippen molar-refractivity contribution in [3.05, 3.63) is 47.0 Å². The average Bonchev–Trinajstić information content (AvgIpc) is 3.24. The van der Waals surface area contributed by atoms with Gasteiger partial charge in [0.05, 0.1) is 5.56 Å². The van der Waals surface area contributed by atoms with E-state index in [4.69, 9.17) is 5.73 Å². The number of benzene rings is 2. The van der Waals surface area contributed by atoms with Crippen molar-refractivity contribution in [1.29, 1.82) is 0 Å². The number of fused-ring (bicyclic) bond motifs is 2. The van der Waals surface area contributed by atoms with Crippen molar-refractivity contribution < 1.29 is 13.2 Å². The lowest BCUT2D eigenvalue weighted by molar-refractivity contribution is -0.137. The normalized spacial score (nSPS) is 21.4. The van der Waals surface area contributed by atoms with Gasteiger partial charge in [0, 0.05) is 72.9 Å². The first-order chi connectivity index (χ1) is 16.3. The summed E-state index contributed by atoms with van der Waals surface area (Å²) in [7, 11) is 0. The number of piperidine rings is 1. The van der Waals surface area contributed by atoms with Gasteiger partial charge in [0.1, 0.15) is 0 Å². The van der Waals surface area contributed by atoms with Gasteiger partial charge >= 0.3 is 6.18 Å². The lowest BCUT2D eigenvalue weighted by Crippen LogP contribution is -2.41. The molecule has 0 aliphatic carbocycles. The summed E-state index contributed by atoms with van der Waals surface area (Å²) in [5.74, 6) is 0.676. The Morgan fingerprint density at radius 2 is 1.85 bits per heavy atom. The number of hydrogen-bond acceptors (Lipinski definition) is 5. The van der Waals surface area contributed by atoms with Crippen LogP contribution in [0.2, 0.25) is 0 Å². The number of likely N-dealkylation sites (tertiary alicyclic amines) is 1. The molecule has 3 heterocycles. The number of nitrogens with zero attached hydrogens (tertiary/aromatic N) is 2. The van der Waals surface area contributed by atoms with Crippen molar-refractivity contribution in [2.45, 2.75) is 54.6 Å². The van der Waals surface area contributed by atoms with Crippen molar-refractivity contribution in [3.63, 3.8) is 0 Å². The van der Waals surface area contributed by atoms with Crippen LogP contribution < -0.4 is 16.0 Å². The highest BCUT2D eigenvalue weighted by Gasteiger charge is 2.34. The molecule has 0 spiro atoms. The smallest absolute Gasteiger partial charge is 0.382 e. The zero-order valence-electron chi connectivity index (χ0n) is 19.6. The molecule has 8 heteroatoms. The lowest BCUT2D eigenvalue weighted by Gasteiger charge is -2.34. The molecule has 1 unspecified atom stereocenters. The van der Waals surface area contributed by atoms with E-state index in [0.29, 0.717) is 24.6 Å².